The summed E-state index contributed by atoms with van der Waals surface area (Å²) < 4.78 is 5.78. The minimum atomic E-state index is -0.965. The molecule has 0 saturated carbocycles. The zero-order valence-electron chi connectivity index (χ0n) is 14.0. The average molecular weight is 369 g/mol. The number of aryl methyl sites for hydroxylation is 1. The Kier molecular flexibility index (Phi) is 4.89. The van der Waals surface area contributed by atoms with Gasteiger partial charge in [0.2, 0.25) is 5.43 Å². The highest BCUT2D eigenvalue weighted by Crippen LogP contribution is 2.28. The highest BCUT2D eigenvalue weighted by atomic mass is 16.6. The van der Waals surface area contributed by atoms with E-state index in [0.29, 0.717) is 5.56 Å². The maximum Gasteiger partial charge on any atom is 0.303 e. The molecule has 3 aromatic rings. The Labute approximate surface area is 152 Å². The van der Waals surface area contributed by atoms with Crippen molar-refractivity contribution in [3.05, 3.63) is 68.6 Å². The van der Waals surface area contributed by atoms with Crippen LogP contribution in [0.3, 0.4) is 0 Å². The molecule has 8 nitrogen and oxygen atoms in total. The van der Waals surface area contributed by atoms with Gasteiger partial charge in [-0.05, 0) is 36.2 Å². The van der Waals surface area contributed by atoms with Crippen LogP contribution < -0.4 is 5.43 Å². The number of hydrogen-bond donors (Lipinski definition) is 2. The summed E-state index contributed by atoms with van der Waals surface area (Å²) in [6, 6.07) is 9.61. The van der Waals surface area contributed by atoms with E-state index in [2.05, 4.69) is 0 Å². The van der Waals surface area contributed by atoms with E-state index in [0.717, 1.165) is 0 Å². The second kappa shape index (κ2) is 7.28. The number of nitro benzene ring substituents is 1. The first-order valence-corrected chi connectivity index (χ1v) is 8.12. The molecule has 2 N–H and O–H groups in total. The van der Waals surface area contributed by atoms with E-state index in [1.54, 1.807) is 0 Å². The van der Waals surface area contributed by atoms with Crippen molar-refractivity contribution in [1.29, 1.82) is 0 Å². The molecule has 0 fully saturated rings. The van der Waals surface area contributed by atoms with Crippen molar-refractivity contribution >= 4 is 22.6 Å². The maximum atomic E-state index is 13.0. The Morgan fingerprint density at radius 3 is 2.48 bits per heavy atom. The minimum Gasteiger partial charge on any atom is -0.508 e. The number of benzene rings is 2. The van der Waals surface area contributed by atoms with Crippen LogP contribution in [0.2, 0.25) is 0 Å². The van der Waals surface area contributed by atoms with Crippen LogP contribution in [0.5, 0.6) is 5.75 Å². The molecular formula is C19H15NO7. The number of carboxylic acids is 1. The molecule has 0 saturated heterocycles. The zero-order valence-corrected chi connectivity index (χ0v) is 14.0. The van der Waals surface area contributed by atoms with E-state index in [1.807, 2.05) is 0 Å². The van der Waals surface area contributed by atoms with Crippen molar-refractivity contribution in [1.82, 2.24) is 0 Å². The van der Waals surface area contributed by atoms with E-state index in [1.165, 1.54) is 42.5 Å². The van der Waals surface area contributed by atoms with Crippen LogP contribution in [0.4, 0.5) is 5.69 Å². The summed E-state index contributed by atoms with van der Waals surface area (Å²) in [6.45, 7) is 0. The van der Waals surface area contributed by atoms with Gasteiger partial charge in [-0.3, -0.25) is 19.7 Å². The summed E-state index contributed by atoms with van der Waals surface area (Å²) >= 11 is 0. The predicted octanol–water partition coefficient (Wildman–Crippen LogP) is 3.48. The number of hydrogen-bond acceptors (Lipinski definition) is 6. The third kappa shape index (κ3) is 3.79. The van der Waals surface area contributed by atoms with Crippen LogP contribution in [0.25, 0.3) is 22.1 Å². The summed E-state index contributed by atoms with van der Waals surface area (Å²) in [5, 5.41) is 29.6. The van der Waals surface area contributed by atoms with Crippen LogP contribution in [0.1, 0.15) is 18.6 Å². The molecule has 138 valence electrons. The number of carbonyl (C=O) groups is 1. The number of nitrogens with zero attached hydrogens (tertiary/aromatic N) is 1. The Morgan fingerprint density at radius 2 is 1.85 bits per heavy atom. The van der Waals surface area contributed by atoms with Crippen molar-refractivity contribution in [3.8, 4) is 16.9 Å². The monoisotopic (exact) mass is 369 g/mol. The van der Waals surface area contributed by atoms with E-state index >= 15 is 0 Å². The van der Waals surface area contributed by atoms with Crippen LogP contribution >= 0.6 is 0 Å². The van der Waals surface area contributed by atoms with Gasteiger partial charge in [0.25, 0.3) is 5.69 Å². The van der Waals surface area contributed by atoms with Gasteiger partial charge in [-0.2, -0.15) is 0 Å². The van der Waals surface area contributed by atoms with Crippen molar-refractivity contribution in [2.75, 3.05) is 0 Å². The fourth-order valence-electron chi connectivity index (χ4n) is 2.85. The first kappa shape index (κ1) is 18.1. The highest BCUT2D eigenvalue weighted by molar-refractivity contribution is 5.84. The molecule has 0 spiro atoms. The first-order chi connectivity index (χ1) is 12.9. The minimum absolute atomic E-state index is 0.0646. The molecule has 0 aliphatic heterocycles. The standard InChI is InChI=1S/C19H15NO7/c21-13-8-9-14-16(10-13)27-15(2-1-3-17(22)23)18(19(14)24)11-4-6-12(7-5-11)20(25)26/h4-10,21H,1-3H2,(H,22,23). The van der Waals surface area contributed by atoms with Crippen LogP contribution in [0.15, 0.2) is 51.7 Å². The number of carboxylic acid groups (broad SMARTS) is 1. The van der Waals surface area contributed by atoms with E-state index in [9.17, 15) is 24.8 Å². The molecule has 1 heterocycles. The quantitative estimate of drug-likeness (QED) is 0.502. The van der Waals surface area contributed by atoms with Crippen molar-refractivity contribution in [2.24, 2.45) is 0 Å². The Bertz CT molecular complexity index is 1080. The summed E-state index contributed by atoms with van der Waals surface area (Å²) in [6.07, 6.45) is 0.351. The maximum absolute atomic E-state index is 13.0. The molecule has 0 atom stereocenters. The van der Waals surface area contributed by atoms with Gasteiger partial charge >= 0.3 is 5.97 Å². The van der Waals surface area contributed by atoms with Crippen molar-refractivity contribution in [3.63, 3.8) is 0 Å². The SMILES string of the molecule is O=C(O)CCCc1oc2cc(O)ccc2c(=O)c1-c1ccc([N+](=O)[O-])cc1. The topological polar surface area (TPSA) is 131 Å². The lowest BCUT2D eigenvalue weighted by Gasteiger charge is -2.10. The number of phenolic OH excluding ortho intramolecular Hbond substituents is 1. The van der Waals surface area contributed by atoms with Gasteiger partial charge in [-0.1, -0.05) is 0 Å². The molecule has 3 rings (SSSR count). The number of aliphatic carboxylic acids is 1. The van der Waals surface area contributed by atoms with Gasteiger partial charge in [0.05, 0.1) is 15.9 Å². The summed E-state index contributed by atoms with van der Waals surface area (Å²) in [5.41, 5.74) is 0.399. The van der Waals surface area contributed by atoms with E-state index in [4.69, 9.17) is 9.52 Å². The van der Waals surface area contributed by atoms with Crippen LogP contribution in [-0.4, -0.2) is 21.1 Å². The van der Waals surface area contributed by atoms with Crippen LogP contribution in [0, 0.1) is 10.1 Å². The smallest absolute Gasteiger partial charge is 0.303 e. The largest absolute Gasteiger partial charge is 0.508 e. The number of rotatable bonds is 6. The third-order valence-electron chi connectivity index (χ3n) is 4.11. The van der Waals surface area contributed by atoms with Gasteiger partial charge in [0.1, 0.15) is 17.1 Å². The lowest BCUT2D eigenvalue weighted by molar-refractivity contribution is -0.384. The normalized spacial score (nSPS) is 10.8. The lowest BCUT2D eigenvalue weighted by atomic mass is 9.99. The zero-order chi connectivity index (χ0) is 19.6. The van der Waals surface area contributed by atoms with Gasteiger partial charge in [0, 0.05) is 31.0 Å². The molecule has 27 heavy (non-hydrogen) atoms. The molecule has 0 amide bonds. The molecule has 0 aliphatic carbocycles. The Balaban J connectivity index is 2.16. The number of non-ortho nitro benzene ring substituents is 1. The highest BCUT2D eigenvalue weighted by Gasteiger charge is 2.18. The summed E-state index contributed by atoms with van der Waals surface area (Å²) in [7, 11) is 0. The van der Waals surface area contributed by atoms with Gasteiger partial charge in [-0.15, -0.1) is 0 Å². The number of aromatic hydroxyl groups is 1. The van der Waals surface area contributed by atoms with E-state index < -0.39 is 10.9 Å². The molecule has 0 bridgehead atoms. The second-order valence-corrected chi connectivity index (χ2v) is 5.96. The molecule has 8 heteroatoms. The van der Waals surface area contributed by atoms with Crippen molar-refractivity contribution in [2.45, 2.75) is 19.3 Å². The fraction of sp³-hybridized carbons (Fsp3) is 0.158. The summed E-state index contributed by atoms with van der Waals surface area (Å²) in [4.78, 5) is 34.1. The molecule has 1 aromatic heterocycles. The van der Waals surface area contributed by atoms with E-state index in [-0.39, 0.29) is 58.4 Å². The molecule has 0 unspecified atom stereocenters. The molecule has 0 aliphatic rings. The lowest BCUT2D eigenvalue weighted by Crippen LogP contribution is -2.10. The second-order valence-electron chi connectivity index (χ2n) is 5.96. The predicted molar refractivity (Wildman–Crippen MR) is 96.8 cm³/mol. The number of phenols is 1. The van der Waals surface area contributed by atoms with Crippen molar-refractivity contribution < 1.29 is 24.3 Å². The number of fused-ring (bicyclic) bond motifs is 1. The summed E-state index contributed by atoms with van der Waals surface area (Å²) in [5.74, 6) is -0.758. The van der Waals surface area contributed by atoms with Gasteiger partial charge in [0.15, 0.2) is 0 Å². The number of nitro groups is 1. The fourth-order valence-corrected chi connectivity index (χ4v) is 2.85. The first-order valence-electron chi connectivity index (χ1n) is 8.12. The third-order valence-corrected chi connectivity index (χ3v) is 4.11. The van der Waals surface area contributed by atoms with Crippen LogP contribution in [-0.2, 0) is 11.2 Å². The van der Waals surface area contributed by atoms with Gasteiger partial charge in [-0.25, -0.2) is 0 Å². The Morgan fingerprint density at radius 1 is 1.15 bits per heavy atom. The molecular weight excluding hydrogens is 354 g/mol. The van der Waals surface area contributed by atoms with Gasteiger partial charge < -0.3 is 14.6 Å². The Hall–Kier alpha value is -3.68. The molecule has 2 aromatic carbocycles. The average Bonchev–Trinajstić information content (AvgIpc) is 2.61. The molecule has 0 radical (unpaired) electrons.